The Labute approximate surface area is 82.4 Å². The first-order valence-corrected chi connectivity index (χ1v) is 5.16. The van der Waals surface area contributed by atoms with Crippen molar-refractivity contribution in [2.24, 2.45) is 0 Å². The van der Waals surface area contributed by atoms with Gasteiger partial charge in [-0.3, -0.25) is 0 Å². The van der Waals surface area contributed by atoms with E-state index >= 15 is 0 Å². The summed E-state index contributed by atoms with van der Waals surface area (Å²) in [5, 5.41) is 3.20. The lowest BCUT2D eigenvalue weighted by Crippen LogP contribution is -1.82. The number of benzene rings is 1. The fraction of sp³-hybridized carbons (Fsp3) is 0. The highest BCUT2D eigenvalue weighted by Gasteiger charge is 2.02. The molecule has 2 rings (SSSR count). The maximum atomic E-state index is 5.78. The summed E-state index contributed by atoms with van der Waals surface area (Å²) in [7, 11) is 0. The van der Waals surface area contributed by atoms with Crippen molar-refractivity contribution >= 4 is 49.7 Å². The minimum absolute atomic E-state index is 0.898. The van der Waals surface area contributed by atoms with E-state index in [1.807, 2.05) is 5.38 Å². The molecule has 0 bridgehead atoms. The monoisotopic (exact) mass is 275 g/mol. The van der Waals surface area contributed by atoms with Crippen LogP contribution in [0.4, 0.5) is 5.69 Å². The Morgan fingerprint density at radius 2 is 2.18 bits per heavy atom. The maximum Gasteiger partial charge on any atom is 0.0513 e. The average Bonchev–Trinajstić information content (AvgIpc) is 2.34. The largest absolute Gasteiger partial charge is 0.398 e. The normalized spacial score (nSPS) is 10.6. The van der Waals surface area contributed by atoms with Gasteiger partial charge in [-0.05, 0) is 34.7 Å². The van der Waals surface area contributed by atoms with E-state index in [-0.39, 0.29) is 0 Å². The molecular formula is C8H6INS. The van der Waals surface area contributed by atoms with Gasteiger partial charge in [-0.2, -0.15) is 0 Å². The molecule has 0 saturated carbocycles. The Morgan fingerprint density at radius 3 is 2.91 bits per heavy atom. The van der Waals surface area contributed by atoms with Gasteiger partial charge in [-0.25, -0.2) is 0 Å². The molecule has 1 aromatic carbocycles. The molecule has 1 nitrogen and oxygen atoms in total. The topological polar surface area (TPSA) is 26.0 Å². The molecule has 0 radical (unpaired) electrons. The van der Waals surface area contributed by atoms with Crippen LogP contribution >= 0.6 is 33.9 Å². The van der Waals surface area contributed by atoms with Gasteiger partial charge in [0.15, 0.2) is 0 Å². The fourth-order valence-electron chi connectivity index (χ4n) is 1.07. The van der Waals surface area contributed by atoms with Crippen molar-refractivity contribution in [2.75, 3.05) is 5.73 Å². The van der Waals surface area contributed by atoms with Crippen LogP contribution in [0.1, 0.15) is 0 Å². The summed E-state index contributed by atoms with van der Waals surface area (Å²) < 4.78 is 2.51. The van der Waals surface area contributed by atoms with Crippen molar-refractivity contribution in [1.29, 1.82) is 0 Å². The molecule has 2 aromatic rings. The number of anilines is 1. The van der Waals surface area contributed by atoms with Crippen LogP contribution < -0.4 is 5.73 Å². The lowest BCUT2D eigenvalue weighted by Gasteiger charge is -1.93. The van der Waals surface area contributed by atoms with Gasteiger partial charge in [0.05, 0.1) is 5.69 Å². The summed E-state index contributed by atoms with van der Waals surface area (Å²) in [4.78, 5) is 0. The van der Waals surface area contributed by atoms with Crippen LogP contribution in [0, 0.1) is 3.57 Å². The van der Waals surface area contributed by atoms with E-state index in [4.69, 9.17) is 5.73 Å². The van der Waals surface area contributed by atoms with E-state index in [0.29, 0.717) is 0 Å². The molecular weight excluding hydrogens is 269 g/mol. The van der Waals surface area contributed by atoms with E-state index < -0.39 is 0 Å². The second-order valence-electron chi connectivity index (χ2n) is 2.30. The van der Waals surface area contributed by atoms with Crippen molar-refractivity contribution < 1.29 is 0 Å². The second-order valence-corrected chi connectivity index (χ2v) is 4.38. The summed E-state index contributed by atoms with van der Waals surface area (Å²) in [5.41, 5.74) is 6.68. The zero-order valence-corrected chi connectivity index (χ0v) is 8.65. The maximum absolute atomic E-state index is 5.78. The molecule has 1 heterocycles. The Hall–Kier alpha value is -0.290. The number of rotatable bonds is 0. The molecule has 1 aromatic heterocycles. The van der Waals surface area contributed by atoms with Crippen LogP contribution in [-0.4, -0.2) is 0 Å². The van der Waals surface area contributed by atoms with Crippen molar-refractivity contribution in [3.8, 4) is 0 Å². The number of hydrogen-bond acceptors (Lipinski definition) is 2. The lowest BCUT2D eigenvalue weighted by molar-refractivity contribution is 1.77. The first kappa shape index (κ1) is 7.36. The van der Waals surface area contributed by atoms with Gasteiger partial charge in [0.1, 0.15) is 0 Å². The van der Waals surface area contributed by atoms with Crippen molar-refractivity contribution in [1.82, 2.24) is 0 Å². The van der Waals surface area contributed by atoms with Crippen LogP contribution in [-0.2, 0) is 0 Å². The van der Waals surface area contributed by atoms with E-state index in [9.17, 15) is 0 Å². The standard InChI is InChI=1S/C8H6INS/c9-5-2-1-3-7-8(5)6(10)4-11-7/h1-4H,10H2. The summed E-state index contributed by atoms with van der Waals surface area (Å²) in [6, 6.07) is 6.23. The van der Waals surface area contributed by atoms with Crippen LogP contribution in [0.2, 0.25) is 0 Å². The van der Waals surface area contributed by atoms with Crippen LogP contribution in [0.15, 0.2) is 23.6 Å². The average molecular weight is 275 g/mol. The molecule has 0 aliphatic heterocycles. The van der Waals surface area contributed by atoms with E-state index in [0.717, 1.165) is 5.69 Å². The van der Waals surface area contributed by atoms with Crippen LogP contribution in [0.5, 0.6) is 0 Å². The molecule has 0 aliphatic rings. The Balaban J connectivity index is 2.96. The van der Waals surface area contributed by atoms with Crippen LogP contribution in [0.25, 0.3) is 10.1 Å². The molecule has 0 amide bonds. The minimum atomic E-state index is 0.898. The molecule has 0 spiro atoms. The summed E-state index contributed by atoms with van der Waals surface area (Å²) in [5.74, 6) is 0. The highest BCUT2D eigenvalue weighted by atomic mass is 127. The van der Waals surface area contributed by atoms with Crippen molar-refractivity contribution in [3.63, 3.8) is 0 Å². The van der Waals surface area contributed by atoms with E-state index in [1.54, 1.807) is 11.3 Å². The van der Waals surface area contributed by atoms with Gasteiger partial charge in [0.25, 0.3) is 0 Å². The fourth-order valence-corrected chi connectivity index (χ4v) is 2.94. The van der Waals surface area contributed by atoms with Crippen LogP contribution in [0.3, 0.4) is 0 Å². The third-order valence-electron chi connectivity index (χ3n) is 1.58. The van der Waals surface area contributed by atoms with Gasteiger partial charge >= 0.3 is 0 Å². The summed E-state index contributed by atoms with van der Waals surface area (Å²) >= 11 is 4.01. The molecule has 11 heavy (non-hydrogen) atoms. The lowest BCUT2D eigenvalue weighted by atomic mass is 10.2. The molecule has 3 heteroatoms. The number of thiophene rings is 1. The Kier molecular flexibility index (Phi) is 1.77. The highest BCUT2D eigenvalue weighted by molar-refractivity contribution is 14.1. The predicted octanol–water partition coefficient (Wildman–Crippen LogP) is 3.09. The van der Waals surface area contributed by atoms with Gasteiger partial charge in [0, 0.05) is 19.0 Å². The smallest absolute Gasteiger partial charge is 0.0513 e. The number of nitrogens with two attached hydrogens (primary N) is 1. The predicted molar refractivity (Wildman–Crippen MR) is 59.0 cm³/mol. The van der Waals surface area contributed by atoms with Gasteiger partial charge in [-0.1, -0.05) is 6.07 Å². The molecule has 0 atom stereocenters. The first-order chi connectivity index (χ1) is 5.29. The molecule has 0 unspecified atom stereocenters. The van der Waals surface area contributed by atoms with E-state index in [1.165, 1.54) is 13.7 Å². The highest BCUT2D eigenvalue weighted by Crippen LogP contribution is 2.31. The number of hydrogen-bond donors (Lipinski definition) is 1. The van der Waals surface area contributed by atoms with E-state index in [2.05, 4.69) is 40.8 Å². The number of halogens is 1. The zero-order valence-electron chi connectivity index (χ0n) is 5.67. The number of fused-ring (bicyclic) bond motifs is 1. The van der Waals surface area contributed by atoms with Gasteiger partial charge < -0.3 is 5.73 Å². The molecule has 0 fully saturated rings. The molecule has 2 N–H and O–H groups in total. The molecule has 56 valence electrons. The first-order valence-electron chi connectivity index (χ1n) is 3.20. The minimum Gasteiger partial charge on any atom is -0.398 e. The SMILES string of the molecule is Nc1csc2cccc(I)c12. The second kappa shape index (κ2) is 2.64. The number of nitrogen functional groups attached to an aromatic ring is 1. The third-order valence-corrected chi connectivity index (χ3v) is 3.44. The summed E-state index contributed by atoms with van der Waals surface area (Å²) in [6.45, 7) is 0. The Morgan fingerprint density at radius 1 is 1.36 bits per heavy atom. The summed E-state index contributed by atoms with van der Waals surface area (Å²) in [6.07, 6.45) is 0. The third kappa shape index (κ3) is 1.12. The van der Waals surface area contributed by atoms with Gasteiger partial charge in [0.2, 0.25) is 0 Å². The molecule has 0 aliphatic carbocycles. The zero-order chi connectivity index (χ0) is 7.84. The quantitative estimate of drug-likeness (QED) is 0.735. The van der Waals surface area contributed by atoms with Crippen molar-refractivity contribution in [3.05, 3.63) is 27.1 Å². The van der Waals surface area contributed by atoms with Gasteiger partial charge in [-0.15, -0.1) is 11.3 Å². The molecule has 0 saturated heterocycles. The van der Waals surface area contributed by atoms with Crippen molar-refractivity contribution in [2.45, 2.75) is 0 Å². The Bertz CT molecular complexity index is 394.